The van der Waals surface area contributed by atoms with Crippen LogP contribution in [0.25, 0.3) is 16.9 Å². The largest absolute Gasteiger partial charge is 0.322 e. The third kappa shape index (κ3) is 2.57. The van der Waals surface area contributed by atoms with Crippen molar-refractivity contribution in [3.8, 4) is 11.3 Å². The molecule has 7 heteroatoms. The predicted molar refractivity (Wildman–Crippen MR) is 92.3 cm³/mol. The second kappa shape index (κ2) is 5.90. The molecular weight excluding hydrogens is 326 g/mol. The number of allylic oxidation sites excluding steroid dienone is 1. The summed E-state index contributed by atoms with van der Waals surface area (Å²) in [5.41, 5.74) is 3.09. The predicted octanol–water partition coefficient (Wildman–Crippen LogP) is 2.75. The summed E-state index contributed by atoms with van der Waals surface area (Å²) in [6.07, 6.45) is 5.10. The Bertz CT molecular complexity index is 988. The standard InChI is InChI=1S/C17H12ClN5O/c18-12-5-3-11(4-6-12)16-15(17(24)21-13-7-9-19-10-13)22-14-2-1-8-20-23(14)16/h1-9H,10H2,(H,21,24). The van der Waals surface area contributed by atoms with E-state index in [-0.39, 0.29) is 5.91 Å². The number of aliphatic imine (C=N–C) groups is 1. The molecule has 118 valence electrons. The summed E-state index contributed by atoms with van der Waals surface area (Å²) >= 11 is 5.97. The Morgan fingerprint density at radius 3 is 2.79 bits per heavy atom. The summed E-state index contributed by atoms with van der Waals surface area (Å²) in [4.78, 5) is 21.2. The molecule has 1 aliphatic rings. The highest BCUT2D eigenvalue weighted by atomic mass is 35.5. The SMILES string of the molecule is O=C(NC1=CC=NC1)c1nc2cccnn2c1-c1ccc(Cl)cc1. The zero-order valence-electron chi connectivity index (χ0n) is 12.5. The van der Waals surface area contributed by atoms with Gasteiger partial charge in [-0.2, -0.15) is 5.10 Å². The fourth-order valence-electron chi connectivity index (χ4n) is 2.55. The normalized spacial score (nSPS) is 13.3. The lowest BCUT2D eigenvalue weighted by molar-refractivity contribution is 0.0962. The first-order valence-corrected chi connectivity index (χ1v) is 7.70. The maximum atomic E-state index is 12.7. The van der Waals surface area contributed by atoms with Crippen LogP contribution in [0.5, 0.6) is 0 Å². The van der Waals surface area contributed by atoms with Crippen molar-refractivity contribution in [2.75, 3.05) is 6.54 Å². The number of hydrogen-bond donors (Lipinski definition) is 1. The van der Waals surface area contributed by atoms with Crippen LogP contribution in [0.15, 0.2) is 59.4 Å². The number of fused-ring (bicyclic) bond motifs is 1. The van der Waals surface area contributed by atoms with Crippen LogP contribution in [0.4, 0.5) is 0 Å². The number of carbonyl (C=O) groups is 1. The maximum absolute atomic E-state index is 12.7. The van der Waals surface area contributed by atoms with Crippen molar-refractivity contribution < 1.29 is 4.79 Å². The summed E-state index contributed by atoms with van der Waals surface area (Å²) in [6, 6.07) is 10.8. The first-order chi connectivity index (χ1) is 11.7. The molecule has 1 aromatic carbocycles. The summed E-state index contributed by atoms with van der Waals surface area (Å²) in [5.74, 6) is -0.290. The van der Waals surface area contributed by atoms with Crippen LogP contribution in [0.3, 0.4) is 0 Å². The third-order valence-electron chi connectivity index (χ3n) is 3.64. The van der Waals surface area contributed by atoms with Gasteiger partial charge in [0.05, 0.1) is 6.54 Å². The van der Waals surface area contributed by atoms with E-state index >= 15 is 0 Å². The highest BCUT2D eigenvalue weighted by Crippen LogP contribution is 2.26. The minimum absolute atomic E-state index is 0.290. The highest BCUT2D eigenvalue weighted by molar-refractivity contribution is 6.30. The Labute approximate surface area is 142 Å². The number of hydrogen-bond acceptors (Lipinski definition) is 4. The molecule has 0 spiro atoms. The lowest BCUT2D eigenvalue weighted by atomic mass is 10.1. The van der Waals surface area contributed by atoms with Gasteiger partial charge in [-0.1, -0.05) is 23.7 Å². The van der Waals surface area contributed by atoms with E-state index in [0.717, 1.165) is 11.3 Å². The number of imidazole rings is 1. The first kappa shape index (κ1) is 14.6. The lowest BCUT2D eigenvalue weighted by Gasteiger charge is -2.06. The number of halogens is 1. The van der Waals surface area contributed by atoms with Crippen molar-refractivity contribution >= 4 is 29.4 Å². The number of benzene rings is 1. The lowest BCUT2D eigenvalue weighted by Crippen LogP contribution is -2.24. The molecule has 3 aromatic rings. The fourth-order valence-corrected chi connectivity index (χ4v) is 2.67. The average Bonchev–Trinajstić information content (AvgIpc) is 3.23. The minimum Gasteiger partial charge on any atom is -0.322 e. The van der Waals surface area contributed by atoms with Gasteiger partial charge in [0.2, 0.25) is 0 Å². The molecule has 0 unspecified atom stereocenters. The van der Waals surface area contributed by atoms with Gasteiger partial charge in [-0.25, -0.2) is 9.50 Å². The number of carbonyl (C=O) groups excluding carboxylic acids is 1. The van der Waals surface area contributed by atoms with Crippen LogP contribution in [0.1, 0.15) is 10.5 Å². The molecule has 1 N–H and O–H groups in total. The molecular formula is C17H12ClN5O. The van der Waals surface area contributed by atoms with Crippen molar-refractivity contribution in [2.24, 2.45) is 4.99 Å². The first-order valence-electron chi connectivity index (χ1n) is 7.32. The van der Waals surface area contributed by atoms with E-state index in [4.69, 9.17) is 11.6 Å². The Kier molecular flexibility index (Phi) is 3.59. The molecule has 24 heavy (non-hydrogen) atoms. The molecule has 0 saturated carbocycles. The number of nitrogens with one attached hydrogen (secondary N) is 1. The Morgan fingerprint density at radius 2 is 2.04 bits per heavy atom. The zero-order valence-corrected chi connectivity index (χ0v) is 13.2. The number of amides is 1. The molecule has 0 bridgehead atoms. The molecule has 0 aliphatic carbocycles. The monoisotopic (exact) mass is 337 g/mol. The number of rotatable bonds is 3. The van der Waals surface area contributed by atoms with Crippen molar-refractivity contribution in [2.45, 2.75) is 0 Å². The molecule has 1 amide bonds. The third-order valence-corrected chi connectivity index (χ3v) is 3.89. The molecule has 4 rings (SSSR count). The molecule has 0 fully saturated rings. The molecule has 2 aromatic heterocycles. The average molecular weight is 338 g/mol. The van der Waals surface area contributed by atoms with Gasteiger partial charge in [0.15, 0.2) is 11.3 Å². The van der Waals surface area contributed by atoms with Gasteiger partial charge in [0, 0.05) is 28.7 Å². The highest BCUT2D eigenvalue weighted by Gasteiger charge is 2.22. The van der Waals surface area contributed by atoms with Gasteiger partial charge >= 0.3 is 0 Å². The smallest absolute Gasteiger partial charge is 0.276 e. The van der Waals surface area contributed by atoms with E-state index in [1.165, 1.54) is 0 Å². The van der Waals surface area contributed by atoms with Gasteiger partial charge < -0.3 is 5.32 Å². The van der Waals surface area contributed by atoms with E-state index in [0.29, 0.717) is 28.6 Å². The summed E-state index contributed by atoms with van der Waals surface area (Å²) < 4.78 is 1.65. The van der Waals surface area contributed by atoms with Crippen molar-refractivity contribution in [3.05, 3.63) is 65.1 Å². The van der Waals surface area contributed by atoms with Crippen LogP contribution in [-0.2, 0) is 0 Å². The van der Waals surface area contributed by atoms with Gasteiger partial charge in [0.25, 0.3) is 5.91 Å². The van der Waals surface area contributed by atoms with E-state index in [2.05, 4.69) is 20.4 Å². The quantitative estimate of drug-likeness (QED) is 0.798. The van der Waals surface area contributed by atoms with Gasteiger partial charge in [-0.05, 0) is 30.3 Å². The van der Waals surface area contributed by atoms with E-state index in [9.17, 15) is 4.79 Å². The minimum atomic E-state index is -0.290. The zero-order chi connectivity index (χ0) is 16.5. The van der Waals surface area contributed by atoms with E-state index < -0.39 is 0 Å². The molecule has 0 radical (unpaired) electrons. The fraction of sp³-hybridized carbons (Fsp3) is 0.0588. The van der Waals surface area contributed by atoms with Crippen LogP contribution in [-0.4, -0.2) is 33.3 Å². The van der Waals surface area contributed by atoms with E-state index in [1.807, 2.05) is 12.1 Å². The second-order valence-electron chi connectivity index (χ2n) is 5.25. The Balaban J connectivity index is 1.83. The summed E-state index contributed by atoms with van der Waals surface area (Å²) in [5, 5.41) is 7.79. The Hall–Kier alpha value is -2.99. The molecule has 1 aliphatic heterocycles. The van der Waals surface area contributed by atoms with Crippen molar-refractivity contribution in [3.63, 3.8) is 0 Å². The van der Waals surface area contributed by atoms with E-state index in [1.54, 1.807) is 47.3 Å². The van der Waals surface area contributed by atoms with Crippen LogP contribution in [0.2, 0.25) is 5.02 Å². The van der Waals surface area contributed by atoms with Crippen LogP contribution in [0, 0.1) is 0 Å². The van der Waals surface area contributed by atoms with Crippen LogP contribution < -0.4 is 5.32 Å². The summed E-state index contributed by atoms with van der Waals surface area (Å²) in [7, 11) is 0. The second-order valence-corrected chi connectivity index (χ2v) is 5.68. The maximum Gasteiger partial charge on any atom is 0.276 e. The van der Waals surface area contributed by atoms with Gasteiger partial charge in [-0.3, -0.25) is 9.79 Å². The van der Waals surface area contributed by atoms with Gasteiger partial charge in [0.1, 0.15) is 5.69 Å². The molecule has 0 atom stereocenters. The van der Waals surface area contributed by atoms with Gasteiger partial charge in [-0.15, -0.1) is 0 Å². The molecule has 6 nitrogen and oxygen atoms in total. The van der Waals surface area contributed by atoms with Crippen LogP contribution >= 0.6 is 11.6 Å². The molecule has 0 saturated heterocycles. The topological polar surface area (TPSA) is 71.7 Å². The van der Waals surface area contributed by atoms with Crippen molar-refractivity contribution in [1.29, 1.82) is 0 Å². The molecule has 3 heterocycles. The Morgan fingerprint density at radius 1 is 1.21 bits per heavy atom. The summed E-state index contributed by atoms with van der Waals surface area (Å²) in [6.45, 7) is 0.466. The number of nitrogens with zero attached hydrogens (tertiary/aromatic N) is 4. The number of aromatic nitrogens is 3. The van der Waals surface area contributed by atoms with Crippen molar-refractivity contribution in [1.82, 2.24) is 19.9 Å².